The second kappa shape index (κ2) is 4.13. The Balaban J connectivity index is 2.93. The van der Waals surface area contributed by atoms with Gasteiger partial charge in [0.2, 0.25) is 6.29 Å². The largest absolute Gasteiger partial charge is 0.418 e. The summed E-state index contributed by atoms with van der Waals surface area (Å²) in [4.78, 5) is 20.4. The van der Waals surface area contributed by atoms with Gasteiger partial charge in [-0.15, -0.1) is 0 Å². The fraction of sp³-hybridized carbons (Fsp3) is 0. The van der Waals surface area contributed by atoms with Gasteiger partial charge < -0.3 is 4.74 Å². The van der Waals surface area contributed by atoms with E-state index in [-0.39, 0.29) is 12.0 Å². The summed E-state index contributed by atoms with van der Waals surface area (Å²) in [5.41, 5.74) is 0. The molecular formula is C8H4BrFO3. The number of aldehydes is 1. The Morgan fingerprint density at radius 1 is 1.54 bits per heavy atom. The van der Waals surface area contributed by atoms with Gasteiger partial charge in [0.05, 0.1) is 0 Å². The van der Waals surface area contributed by atoms with Crippen molar-refractivity contribution in [3.05, 3.63) is 28.5 Å². The molecule has 1 rings (SSSR count). The lowest BCUT2D eigenvalue weighted by atomic mass is 10.3. The Kier molecular flexibility index (Phi) is 3.13. The Hall–Kier alpha value is -1.23. The smallest absolute Gasteiger partial charge is 0.376 e. The third kappa shape index (κ3) is 2.62. The average molecular weight is 247 g/mol. The lowest BCUT2D eigenvalue weighted by Gasteiger charge is -2.01. The monoisotopic (exact) mass is 246 g/mol. The Morgan fingerprint density at radius 3 is 2.85 bits per heavy atom. The summed E-state index contributed by atoms with van der Waals surface area (Å²) in [5.74, 6) is -2.10. The Bertz CT molecular complexity index is 351. The number of rotatable bonds is 2. The molecule has 0 amide bonds. The minimum absolute atomic E-state index is 0.0274. The highest BCUT2D eigenvalue weighted by Crippen LogP contribution is 2.21. The molecule has 0 aromatic heterocycles. The Labute approximate surface area is 81.6 Å². The van der Waals surface area contributed by atoms with Crippen LogP contribution in [0.4, 0.5) is 4.39 Å². The minimum atomic E-state index is -1.13. The van der Waals surface area contributed by atoms with Crippen molar-refractivity contribution in [2.75, 3.05) is 0 Å². The molecule has 0 heterocycles. The summed E-state index contributed by atoms with van der Waals surface area (Å²) in [6.07, 6.45) is -0.0274. The zero-order valence-corrected chi connectivity index (χ0v) is 7.88. The van der Waals surface area contributed by atoms with E-state index in [1.807, 2.05) is 0 Å². The number of halogens is 2. The number of carbonyl (C=O) groups excluding carboxylic acids is 2. The highest BCUT2D eigenvalue weighted by molar-refractivity contribution is 9.10. The minimum Gasteiger partial charge on any atom is -0.418 e. The number of benzene rings is 1. The summed E-state index contributed by atoms with van der Waals surface area (Å²) >= 11 is 3.06. The van der Waals surface area contributed by atoms with E-state index in [2.05, 4.69) is 20.7 Å². The molecule has 0 aliphatic rings. The average Bonchev–Trinajstić information content (AvgIpc) is 2.11. The molecule has 0 N–H and O–H groups in total. The van der Waals surface area contributed by atoms with Gasteiger partial charge in [-0.25, -0.2) is 9.18 Å². The molecule has 0 saturated carbocycles. The third-order valence-electron chi connectivity index (χ3n) is 1.20. The summed E-state index contributed by atoms with van der Waals surface area (Å²) in [7, 11) is 0. The molecule has 5 heteroatoms. The molecule has 0 radical (unpaired) electrons. The van der Waals surface area contributed by atoms with Crippen LogP contribution < -0.4 is 4.74 Å². The van der Waals surface area contributed by atoms with Crippen molar-refractivity contribution >= 4 is 28.2 Å². The van der Waals surface area contributed by atoms with E-state index in [1.54, 1.807) is 0 Å². The SMILES string of the molecule is O=CC(=O)Oc1cc(Br)ccc1F. The molecule has 0 fully saturated rings. The number of carbonyl (C=O) groups is 2. The second-order valence-corrected chi connectivity index (χ2v) is 3.03. The quantitative estimate of drug-likeness (QED) is 0.345. The van der Waals surface area contributed by atoms with Gasteiger partial charge in [-0.1, -0.05) is 15.9 Å². The fourth-order valence-corrected chi connectivity index (χ4v) is 1.03. The van der Waals surface area contributed by atoms with Crippen LogP contribution in [0.1, 0.15) is 0 Å². The van der Waals surface area contributed by atoms with Crippen molar-refractivity contribution in [2.45, 2.75) is 0 Å². The van der Waals surface area contributed by atoms with Crippen LogP contribution >= 0.6 is 15.9 Å². The molecule has 1 aromatic rings. The zero-order valence-electron chi connectivity index (χ0n) is 6.29. The lowest BCUT2D eigenvalue weighted by molar-refractivity contribution is -0.141. The second-order valence-electron chi connectivity index (χ2n) is 2.11. The van der Waals surface area contributed by atoms with E-state index in [4.69, 9.17) is 0 Å². The molecule has 13 heavy (non-hydrogen) atoms. The maximum Gasteiger partial charge on any atom is 0.376 e. The molecular weight excluding hydrogens is 243 g/mol. The van der Waals surface area contributed by atoms with Crippen LogP contribution in [0, 0.1) is 5.82 Å². The zero-order chi connectivity index (χ0) is 9.84. The first-order chi connectivity index (χ1) is 6.13. The topological polar surface area (TPSA) is 43.4 Å². The summed E-state index contributed by atoms with van der Waals surface area (Å²) in [5, 5.41) is 0. The van der Waals surface area contributed by atoms with Gasteiger partial charge in [0.1, 0.15) is 0 Å². The summed E-state index contributed by atoms with van der Waals surface area (Å²) in [6.45, 7) is 0. The maximum atomic E-state index is 12.9. The molecule has 0 aliphatic carbocycles. The van der Waals surface area contributed by atoms with Crippen LogP contribution in [-0.4, -0.2) is 12.3 Å². The normalized spacial score (nSPS) is 9.38. The first-order valence-electron chi connectivity index (χ1n) is 3.25. The van der Waals surface area contributed by atoms with E-state index >= 15 is 0 Å². The molecule has 1 aromatic carbocycles. The summed E-state index contributed by atoms with van der Waals surface area (Å²) < 4.78 is 17.8. The molecule has 0 bridgehead atoms. The van der Waals surface area contributed by atoms with Crippen LogP contribution in [0.3, 0.4) is 0 Å². The first-order valence-corrected chi connectivity index (χ1v) is 4.05. The highest BCUT2D eigenvalue weighted by atomic mass is 79.9. The molecule has 0 unspecified atom stereocenters. The van der Waals surface area contributed by atoms with E-state index in [0.717, 1.165) is 6.07 Å². The van der Waals surface area contributed by atoms with Crippen LogP contribution in [0.25, 0.3) is 0 Å². The predicted octanol–water partition coefficient (Wildman–Crippen LogP) is 1.69. The van der Waals surface area contributed by atoms with Crippen LogP contribution in [0.5, 0.6) is 5.75 Å². The molecule has 0 aliphatic heterocycles. The van der Waals surface area contributed by atoms with Gasteiger partial charge in [0.25, 0.3) is 0 Å². The van der Waals surface area contributed by atoms with Crippen LogP contribution in [0.2, 0.25) is 0 Å². The van der Waals surface area contributed by atoms with E-state index in [0.29, 0.717) is 4.47 Å². The Morgan fingerprint density at radius 2 is 2.23 bits per heavy atom. The number of hydrogen-bond donors (Lipinski definition) is 0. The van der Waals surface area contributed by atoms with Crippen molar-refractivity contribution in [3.8, 4) is 5.75 Å². The van der Waals surface area contributed by atoms with Gasteiger partial charge in [-0.05, 0) is 18.2 Å². The van der Waals surface area contributed by atoms with Gasteiger partial charge in [-0.3, -0.25) is 4.79 Å². The number of esters is 1. The van der Waals surface area contributed by atoms with E-state index in [9.17, 15) is 14.0 Å². The first kappa shape index (κ1) is 9.85. The van der Waals surface area contributed by atoms with Crippen LogP contribution in [0.15, 0.2) is 22.7 Å². The van der Waals surface area contributed by atoms with E-state index < -0.39 is 11.8 Å². The standard InChI is InChI=1S/C8H4BrFO3/c9-5-1-2-6(10)7(3-5)13-8(12)4-11/h1-4H. The van der Waals surface area contributed by atoms with Crippen molar-refractivity contribution in [2.24, 2.45) is 0 Å². The highest BCUT2D eigenvalue weighted by Gasteiger charge is 2.08. The molecule has 3 nitrogen and oxygen atoms in total. The molecule has 0 atom stereocenters. The summed E-state index contributed by atoms with van der Waals surface area (Å²) in [6, 6.07) is 3.84. The van der Waals surface area contributed by atoms with Crippen molar-refractivity contribution in [1.82, 2.24) is 0 Å². The maximum absolute atomic E-state index is 12.9. The molecule has 0 spiro atoms. The van der Waals surface area contributed by atoms with Crippen molar-refractivity contribution < 1.29 is 18.7 Å². The van der Waals surface area contributed by atoms with Gasteiger partial charge >= 0.3 is 5.97 Å². The third-order valence-corrected chi connectivity index (χ3v) is 1.69. The number of ether oxygens (including phenoxy) is 1. The van der Waals surface area contributed by atoms with Gasteiger partial charge in [0.15, 0.2) is 11.6 Å². The van der Waals surface area contributed by atoms with Crippen molar-refractivity contribution in [3.63, 3.8) is 0 Å². The van der Waals surface area contributed by atoms with Crippen LogP contribution in [-0.2, 0) is 9.59 Å². The van der Waals surface area contributed by atoms with Gasteiger partial charge in [-0.2, -0.15) is 0 Å². The predicted molar refractivity (Wildman–Crippen MR) is 45.8 cm³/mol. The van der Waals surface area contributed by atoms with Gasteiger partial charge in [0, 0.05) is 4.47 Å². The molecule has 68 valence electrons. The molecule has 0 saturated heterocycles. The lowest BCUT2D eigenvalue weighted by Crippen LogP contribution is -2.09. The number of hydrogen-bond acceptors (Lipinski definition) is 3. The van der Waals surface area contributed by atoms with Crippen molar-refractivity contribution in [1.29, 1.82) is 0 Å². The van der Waals surface area contributed by atoms with E-state index in [1.165, 1.54) is 12.1 Å². The fourth-order valence-electron chi connectivity index (χ4n) is 0.688.